The predicted molar refractivity (Wildman–Crippen MR) is 76.5 cm³/mol. The average molecular weight is 326 g/mol. The molecule has 0 bridgehead atoms. The van der Waals surface area contributed by atoms with Gasteiger partial charge in [0.2, 0.25) is 0 Å². The van der Waals surface area contributed by atoms with Crippen molar-refractivity contribution >= 4 is 35.6 Å². The van der Waals surface area contributed by atoms with Gasteiger partial charge in [-0.2, -0.15) is 0 Å². The second kappa shape index (κ2) is 4.79. The van der Waals surface area contributed by atoms with Crippen LogP contribution in [0.4, 0.5) is 0 Å². The standard InChI is InChI=1S/C16H6O6S/c17-13-7-3-1-5-9(11(7)15(19)21-13)23-10-6-2-4-8-12(10)16(20)22-14(8)18/h1-6H. The number of benzene rings is 2. The molecule has 112 valence electrons. The van der Waals surface area contributed by atoms with Gasteiger partial charge in [0.05, 0.1) is 22.3 Å². The third-order valence-corrected chi connectivity index (χ3v) is 4.61. The van der Waals surface area contributed by atoms with E-state index in [4.69, 9.17) is 0 Å². The Bertz CT molecular complexity index is 855. The highest BCUT2D eigenvalue weighted by atomic mass is 32.2. The molecule has 2 aliphatic rings. The zero-order valence-corrected chi connectivity index (χ0v) is 12.1. The van der Waals surface area contributed by atoms with E-state index in [1.54, 1.807) is 24.3 Å². The Morgan fingerprint density at radius 2 is 1.04 bits per heavy atom. The van der Waals surface area contributed by atoms with E-state index in [1.807, 2.05) is 0 Å². The van der Waals surface area contributed by atoms with Gasteiger partial charge in [0.1, 0.15) is 0 Å². The van der Waals surface area contributed by atoms with Gasteiger partial charge >= 0.3 is 23.9 Å². The molecule has 2 aromatic carbocycles. The highest BCUT2D eigenvalue weighted by Crippen LogP contribution is 2.39. The average Bonchev–Trinajstić information content (AvgIpc) is 2.98. The SMILES string of the molecule is O=C1OC(=O)c2c(Sc3cccc4c3C(=O)OC4=O)cccc21. The number of cyclic esters (lactones) is 4. The number of hydrogen-bond acceptors (Lipinski definition) is 7. The first-order valence-corrected chi connectivity index (χ1v) is 7.35. The lowest BCUT2D eigenvalue weighted by atomic mass is 10.1. The highest BCUT2D eigenvalue weighted by Gasteiger charge is 2.35. The summed E-state index contributed by atoms with van der Waals surface area (Å²) in [7, 11) is 0. The number of rotatable bonds is 2. The van der Waals surface area contributed by atoms with Crippen LogP contribution >= 0.6 is 11.8 Å². The first kappa shape index (κ1) is 13.7. The van der Waals surface area contributed by atoms with Crippen LogP contribution in [-0.2, 0) is 9.47 Å². The molecule has 6 nitrogen and oxygen atoms in total. The summed E-state index contributed by atoms with van der Waals surface area (Å²) in [5.74, 6) is -2.83. The summed E-state index contributed by atoms with van der Waals surface area (Å²) >= 11 is 1.10. The van der Waals surface area contributed by atoms with Crippen molar-refractivity contribution < 1.29 is 28.7 Å². The molecule has 2 aliphatic heterocycles. The minimum Gasteiger partial charge on any atom is -0.386 e. The number of carbonyl (C=O) groups excluding carboxylic acids is 4. The Labute approximate surface area is 133 Å². The van der Waals surface area contributed by atoms with Crippen LogP contribution in [0.3, 0.4) is 0 Å². The van der Waals surface area contributed by atoms with E-state index in [-0.39, 0.29) is 22.3 Å². The van der Waals surface area contributed by atoms with E-state index < -0.39 is 23.9 Å². The molecule has 0 aromatic heterocycles. The van der Waals surface area contributed by atoms with Crippen LogP contribution in [0.5, 0.6) is 0 Å². The lowest BCUT2D eigenvalue weighted by Crippen LogP contribution is -1.99. The van der Waals surface area contributed by atoms with Crippen molar-refractivity contribution in [1.82, 2.24) is 0 Å². The molecule has 0 saturated carbocycles. The lowest BCUT2D eigenvalue weighted by Gasteiger charge is -2.07. The van der Waals surface area contributed by atoms with Crippen LogP contribution in [0.25, 0.3) is 0 Å². The third kappa shape index (κ3) is 1.97. The summed E-state index contributed by atoms with van der Waals surface area (Å²) in [6, 6.07) is 9.52. The Morgan fingerprint density at radius 1 is 0.609 bits per heavy atom. The number of hydrogen-bond donors (Lipinski definition) is 0. The predicted octanol–water partition coefficient (Wildman–Crippen LogP) is 2.46. The lowest BCUT2D eigenvalue weighted by molar-refractivity contribution is 0.0424. The number of carbonyl (C=O) groups is 4. The van der Waals surface area contributed by atoms with Gasteiger partial charge in [0.15, 0.2) is 0 Å². The summed E-state index contributed by atoms with van der Waals surface area (Å²) in [4.78, 5) is 47.8. The molecular weight excluding hydrogens is 320 g/mol. The zero-order valence-electron chi connectivity index (χ0n) is 11.3. The van der Waals surface area contributed by atoms with Gasteiger partial charge in [0.25, 0.3) is 0 Å². The van der Waals surface area contributed by atoms with Gasteiger partial charge in [-0.15, -0.1) is 0 Å². The highest BCUT2D eigenvalue weighted by molar-refractivity contribution is 7.99. The molecule has 7 heteroatoms. The fraction of sp³-hybridized carbons (Fsp3) is 0. The van der Waals surface area contributed by atoms with E-state index in [0.29, 0.717) is 9.79 Å². The van der Waals surface area contributed by atoms with Crippen LogP contribution in [-0.4, -0.2) is 23.9 Å². The first-order chi connectivity index (χ1) is 11.1. The summed E-state index contributed by atoms with van der Waals surface area (Å²) in [5, 5.41) is 0. The molecule has 2 heterocycles. The van der Waals surface area contributed by atoms with Crippen molar-refractivity contribution in [3.63, 3.8) is 0 Å². The monoisotopic (exact) mass is 326 g/mol. The van der Waals surface area contributed by atoms with Crippen LogP contribution < -0.4 is 0 Å². The first-order valence-electron chi connectivity index (χ1n) is 6.53. The molecule has 0 radical (unpaired) electrons. The fourth-order valence-corrected chi connectivity index (χ4v) is 3.61. The summed E-state index contributed by atoms with van der Waals surface area (Å²) < 4.78 is 9.21. The second-order valence-electron chi connectivity index (χ2n) is 4.81. The third-order valence-electron chi connectivity index (χ3n) is 3.49. The van der Waals surface area contributed by atoms with Gasteiger partial charge in [-0.25, -0.2) is 19.2 Å². The van der Waals surface area contributed by atoms with E-state index in [9.17, 15) is 19.2 Å². The Morgan fingerprint density at radius 3 is 1.48 bits per heavy atom. The molecule has 0 atom stereocenters. The fourth-order valence-electron chi connectivity index (χ4n) is 2.49. The summed E-state index contributed by atoms with van der Waals surface area (Å²) in [6.45, 7) is 0. The molecular formula is C16H6O6S. The Balaban J connectivity index is 1.83. The summed E-state index contributed by atoms with van der Waals surface area (Å²) in [6.07, 6.45) is 0. The van der Waals surface area contributed by atoms with Crippen molar-refractivity contribution in [3.05, 3.63) is 58.7 Å². The van der Waals surface area contributed by atoms with Crippen molar-refractivity contribution in [3.8, 4) is 0 Å². The molecule has 0 saturated heterocycles. The molecule has 23 heavy (non-hydrogen) atoms. The smallest absolute Gasteiger partial charge is 0.348 e. The number of esters is 4. The van der Waals surface area contributed by atoms with E-state index >= 15 is 0 Å². The van der Waals surface area contributed by atoms with E-state index in [2.05, 4.69) is 9.47 Å². The van der Waals surface area contributed by atoms with Crippen molar-refractivity contribution in [1.29, 1.82) is 0 Å². The molecule has 0 fully saturated rings. The maximum absolute atomic E-state index is 11.8. The van der Waals surface area contributed by atoms with Gasteiger partial charge < -0.3 is 9.47 Å². The second-order valence-corrected chi connectivity index (χ2v) is 5.90. The largest absolute Gasteiger partial charge is 0.386 e. The normalized spacial score (nSPS) is 15.3. The minimum atomic E-state index is -0.723. The maximum atomic E-state index is 11.8. The Kier molecular flexibility index (Phi) is 2.85. The van der Waals surface area contributed by atoms with Gasteiger partial charge in [-0.3, -0.25) is 0 Å². The molecule has 0 aliphatic carbocycles. The van der Waals surface area contributed by atoms with Crippen LogP contribution in [0.1, 0.15) is 41.4 Å². The topological polar surface area (TPSA) is 86.7 Å². The molecule has 0 spiro atoms. The zero-order chi connectivity index (χ0) is 16.1. The molecule has 0 N–H and O–H groups in total. The van der Waals surface area contributed by atoms with Crippen LogP contribution in [0, 0.1) is 0 Å². The maximum Gasteiger partial charge on any atom is 0.348 e. The van der Waals surface area contributed by atoms with E-state index in [0.717, 1.165) is 11.8 Å². The van der Waals surface area contributed by atoms with Gasteiger partial charge in [-0.1, -0.05) is 23.9 Å². The van der Waals surface area contributed by atoms with Gasteiger partial charge in [-0.05, 0) is 24.3 Å². The van der Waals surface area contributed by atoms with Crippen LogP contribution in [0.2, 0.25) is 0 Å². The van der Waals surface area contributed by atoms with Crippen molar-refractivity contribution in [2.24, 2.45) is 0 Å². The minimum absolute atomic E-state index is 0.165. The molecule has 4 rings (SSSR count). The quantitative estimate of drug-likeness (QED) is 0.619. The number of fused-ring (bicyclic) bond motifs is 2. The van der Waals surface area contributed by atoms with Gasteiger partial charge in [0, 0.05) is 9.79 Å². The van der Waals surface area contributed by atoms with E-state index in [1.165, 1.54) is 12.1 Å². The summed E-state index contributed by atoms with van der Waals surface area (Å²) in [5.41, 5.74) is 0.702. The Hall–Kier alpha value is -2.93. The molecule has 0 amide bonds. The molecule has 2 aromatic rings. The molecule has 0 unspecified atom stereocenters. The number of ether oxygens (including phenoxy) is 2. The van der Waals surface area contributed by atoms with Crippen molar-refractivity contribution in [2.45, 2.75) is 9.79 Å². The van der Waals surface area contributed by atoms with Crippen LogP contribution in [0.15, 0.2) is 46.2 Å². The van der Waals surface area contributed by atoms with Crippen molar-refractivity contribution in [2.75, 3.05) is 0 Å².